The first kappa shape index (κ1) is 12.8. The summed E-state index contributed by atoms with van der Waals surface area (Å²) in [5, 5.41) is 8.37. The Hall–Kier alpha value is -1.68. The molecule has 0 radical (unpaired) electrons. The average Bonchev–Trinajstić information content (AvgIpc) is 2.40. The van der Waals surface area contributed by atoms with Crippen LogP contribution >= 0.6 is 0 Å². The molecule has 0 spiro atoms. The summed E-state index contributed by atoms with van der Waals surface area (Å²) in [6.45, 7) is 6.04. The van der Waals surface area contributed by atoms with Gasteiger partial charge in [0.1, 0.15) is 0 Å². The van der Waals surface area contributed by atoms with Gasteiger partial charge >= 0.3 is 0 Å². The van der Waals surface area contributed by atoms with E-state index in [4.69, 9.17) is 0 Å². The summed E-state index contributed by atoms with van der Waals surface area (Å²) in [6.07, 6.45) is 2.51. The Morgan fingerprint density at radius 3 is 2.94 bits per heavy atom. The fourth-order valence-corrected chi connectivity index (χ4v) is 2.02. The number of rotatable bonds is 5. The molecule has 18 heavy (non-hydrogen) atoms. The third kappa shape index (κ3) is 2.76. The molecule has 0 aliphatic heterocycles. The highest BCUT2D eigenvalue weighted by atomic mass is 16.1. The third-order valence-electron chi connectivity index (χ3n) is 2.95. The molecule has 4 heteroatoms. The van der Waals surface area contributed by atoms with Crippen molar-refractivity contribution in [2.24, 2.45) is 0 Å². The molecule has 0 fully saturated rings. The van der Waals surface area contributed by atoms with Crippen LogP contribution in [0.5, 0.6) is 0 Å². The maximum atomic E-state index is 11.7. The van der Waals surface area contributed by atoms with Gasteiger partial charge in [0.15, 0.2) is 0 Å². The van der Waals surface area contributed by atoms with Gasteiger partial charge in [0, 0.05) is 11.4 Å². The molecule has 1 N–H and O–H groups in total. The van der Waals surface area contributed by atoms with E-state index in [1.807, 2.05) is 28.9 Å². The topological polar surface area (TPSA) is 46.9 Å². The fourth-order valence-electron chi connectivity index (χ4n) is 2.02. The quantitative estimate of drug-likeness (QED) is 0.873. The Labute approximate surface area is 107 Å². The molecular formula is C14H19N3O. The molecule has 0 bridgehead atoms. The minimum absolute atomic E-state index is 0.0176. The van der Waals surface area contributed by atoms with E-state index in [9.17, 15) is 4.79 Å². The van der Waals surface area contributed by atoms with Crippen LogP contribution in [0.25, 0.3) is 10.9 Å². The highest BCUT2D eigenvalue weighted by Crippen LogP contribution is 2.08. The smallest absolute Gasteiger partial charge is 0.207 e. The molecule has 2 aromatic rings. The van der Waals surface area contributed by atoms with Crippen molar-refractivity contribution in [1.29, 1.82) is 0 Å². The molecule has 4 nitrogen and oxygen atoms in total. The zero-order valence-electron chi connectivity index (χ0n) is 10.9. The van der Waals surface area contributed by atoms with Gasteiger partial charge < -0.3 is 5.32 Å². The average molecular weight is 245 g/mol. The minimum atomic E-state index is -0.0176. The Bertz CT molecular complexity index is 577. The minimum Gasteiger partial charge on any atom is -0.312 e. The van der Waals surface area contributed by atoms with Gasteiger partial charge in [0.25, 0.3) is 0 Å². The third-order valence-corrected chi connectivity index (χ3v) is 2.95. The number of hydrogen-bond acceptors (Lipinski definition) is 3. The van der Waals surface area contributed by atoms with E-state index in [0.29, 0.717) is 6.04 Å². The fraction of sp³-hybridized carbons (Fsp3) is 0.429. The van der Waals surface area contributed by atoms with E-state index in [1.165, 1.54) is 6.20 Å². The van der Waals surface area contributed by atoms with Crippen LogP contribution in [-0.4, -0.2) is 22.4 Å². The Morgan fingerprint density at radius 2 is 2.17 bits per heavy atom. The lowest BCUT2D eigenvalue weighted by Crippen LogP contribution is -2.32. The van der Waals surface area contributed by atoms with Crippen LogP contribution in [0.2, 0.25) is 0 Å². The molecule has 2 rings (SSSR count). The number of para-hydroxylation sites is 1. The molecule has 1 aromatic carbocycles. The second-order valence-electron chi connectivity index (χ2n) is 4.56. The summed E-state index contributed by atoms with van der Waals surface area (Å²) < 4.78 is 1.89. The second-order valence-corrected chi connectivity index (χ2v) is 4.56. The first-order chi connectivity index (χ1) is 8.72. The summed E-state index contributed by atoms with van der Waals surface area (Å²) in [5.74, 6) is 0. The maximum absolute atomic E-state index is 11.7. The molecule has 0 aliphatic rings. The maximum Gasteiger partial charge on any atom is 0.207 e. The van der Waals surface area contributed by atoms with Gasteiger partial charge in [-0.3, -0.25) is 9.48 Å². The number of benzene rings is 1. The van der Waals surface area contributed by atoms with Crippen molar-refractivity contribution in [3.8, 4) is 0 Å². The summed E-state index contributed by atoms with van der Waals surface area (Å²) in [5.41, 5.74) is 0.881. The van der Waals surface area contributed by atoms with E-state index in [0.717, 1.165) is 30.4 Å². The van der Waals surface area contributed by atoms with E-state index >= 15 is 0 Å². The van der Waals surface area contributed by atoms with Crippen LogP contribution in [-0.2, 0) is 6.54 Å². The SMILES string of the molecule is CCCNC(C)Cn1ncc(=O)c2ccccc21. The molecule has 0 saturated carbocycles. The Kier molecular flexibility index (Phi) is 4.10. The summed E-state index contributed by atoms with van der Waals surface area (Å²) >= 11 is 0. The van der Waals surface area contributed by atoms with E-state index in [2.05, 4.69) is 24.3 Å². The van der Waals surface area contributed by atoms with Gasteiger partial charge in [0.2, 0.25) is 5.43 Å². The zero-order chi connectivity index (χ0) is 13.0. The van der Waals surface area contributed by atoms with E-state index in [1.54, 1.807) is 0 Å². The molecule has 1 heterocycles. The molecule has 1 atom stereocenters. The summed E-state index contributed by atoms with van der Waals surface area (Å²) in [7, 11) is 0. The number of aromatic nitrogens is 2. The first-order valence-corrected chi connectivity index (χ1v) is 6.40. The van der Waals surface area contributed by atoms with Crippen LogP contribution in [0.3, 0.4) is 0 Å². The van der Waals surface area contributed by atoms with Crippen molar-refractivity contribution >= 4 is 10.9 Å². The highest BCUT2D eigenvalue weighted by molar-refractivity contribution is 5.77. The highest BCUT2D eigenvalue weighted by Gasteiger charge is 2.06. The predicted octanol–water partition coefficient (Wildman–Crippen LogP) is 1.78. The largest absolute Gasteiger partial charge is 0.312 e. The lowest BCUT2D eigenvalue weighted by Gasteiger charge is -2.16. The number of hydrogen-bond donors (Lipinski definition) is 1. The number of nitrogens with one attached hydrogen (secondary N) is 1. The molecule has 96 valence electrons. The van der Waals surface area contributed by atoms with Crippen LogP contribution < -0.4 is 10.7 Å². The van der Waals surface area contributed by atoms with Crippen molar-refractivity contribution in [1.82, 2.24) is 15.1 Å². The van der Waals surface area contributed by atoms with Crippen LogP contribution in [0.1, 0.15) is 20.3 Å². The Morgan fingerprint density at radius 1 is 1.39 bits per heavy atom. The van der Waals surface area contributed by atoms with E-state index < -0.39 is 0 Å². The van der Waals surface area contributed by atoms with Crippen LogP contribution in [0.4, 0.5) is 0 Å². The molecular weight excluding hydrogens is 226 g/mol. The standard InChI is InChI=1S/C14H19N3O/c1-3-8-15-11(2)10-17-13-7-5-4-6-12(13)14(18)9-16-17/h4-7,9,11,15H,3,8,10H2,1-2H3. The van der Waals surface area contributed by atoms with Crippen molar-refractivity contribution in [3.05, 3.63) is 40.7 Å². The number of fused-ring (bicyclic) bond motifs is 1. The monoisotopic (exact) mass is 245 g/mol. The molecule has 1 unspecified atom stereocenters. The normalized spacial score (nSPS) is 12.8. The van der Waals surface area contributed by atoms with E-state index in [-0.39, 0.29) is 5.43 Å². The van der Waals surface area contributed by atoms with Crippen molar-refractivity contribution in [2.75, 3.05) is 6.54 Å². The second kappa shape index (κ2) is 5.78. The lowest BCUT2D eigenvalue weighted by atomic mass is 10.2. The van der Waals surface area contributed by atoms with Gasteiger partial charge in [-0.15, -0.1) is 0 Å². The van der Waals surface area contributed by atoms with Gasteiger partial charge in [-0.05, 0) is 32.0 Å². The lowest BCUT2D eigenvalue weighted by molar-refractivity contribution is 0.456. The van der Waals surface area contributed by atoms with Gasteiger partial charge in [-0.2, -0.15) is 5.10 Å². The van der Waals surface area contributed by atoms with Crippen LogP contribution in [0, 0.1) is 0 Å². The summed E-state index contributed by atoms with van der Waals surface area (Å²) in [4.78, 5) is 11.7. The van der Waals surface area contributed by atoms with Crippen molar-refractivity contribution < 1.29 is 0 Å². The molecule has 0 saturated heterocycles. The number of nitrogens with zero attached hydrogens (tertiary/aromatic N) is 2. The predicted molar refractivity (Wildman–Crippen MR) is 73.8 cm³/mol. The van der Waals surface area contributed by atoms with Gasteiger partial charge in [-0.1, -0.05) is 19.1 Å². The van der Waals surface area contributed by atoms with Crippen molar-refractivity contribution in [2.45, 2.75) is 32.9 Å². The van der Waals surface area contributed by atoms with Gasteiger partial charge in [0.05, 0.1) is 18.3 Å². The molecule has 0 amide bonds. The summed E-state index contributed by atoms with van der Waals surface area (Å²) in [6, 6.07) is 7.94. The van der Waals surface area contributed by atoms with Gasteiger partial charge in [-0.25, -0.2) is 0 Å². The molecule has 0 aliphatic carbocycles. The first-order valence-electron chi connectivity index (χ1n) is 6.40. The van der Waals surface area contributed by atoms with Crippen LogP contribution in [0.15, 0.2) is 35.3 Å². The zero-order valence-corrected chi connectivity index (χ0v) is 10.9. The van der Waals surface area contributed by atoms with Crippen molar-refractivity contribution in [3.63, 3.8) is 0 Å². The Balaban J connectivity index is 2.29. The molecule has 1 aromatic heterocycles.